The Labute approximate surface area is 107 Å². The second-order valence-electron chi connectivity index (χ2n) is 3.52. The van der Waals surface area contributed by atoms with Crippen LogP contribution in [0.25, 0.3) is 5.69 Å². The van der Waals surface area contributed by atoms with Crippen molar-refractivity contribution in [2.24, 2.45) is 4.99 Å². The van der Waals surface area contributed by atoms with Crippen LogP contribution in [-0.4, -0.2) is 3.96 Å². The summed E-state index contributed by atoms with van der Waals surface area (Å²) in [7, 11) is 3.40. The van der Waals surface area contributed by atoms with Crippen LogP contribution in [0.15, 0.2) is 65.7 Å². The van der Waals surface area contributed by atoms with Gasteiger partial charge in [0.2, 0.25) is 4.80 Å². The Morgan fingerprint density at radius 3 is 2.06 bits per heavy atom. The van der Waals surface area contributed by atoms with Crippen LogP contribution in [0.4, 0.5) is 5.69 Å². The van der Waals surface area contributed by atoms with Crippen LogP contribution in [0.2, 0.25) is 0 Å². The van der Waals surface area contributed by atoms with Gasteiger partial charge in [-0.1, -0.05) is 36.4 Å². The molecule has 17 heavy (non-hydrogen) atoms. The van der Waals surface area contributed by atoms with Crippen LogP contribution in [0, 0.1) is 0 Å². The predicted octanol–water partition coefficient (Wildman–Crippen LogP) is 3.83. The highest BCUT2D eigenvalue weighted by Gasteiger charge is 2.02. The molecule has 0 aliphatic heterocycles. The van der Waals surface area contributed by atoms with Crippen molar-refractivity contribution in [1.82, 2.24) is 3.96 Å². The minimum Gasteiger partial charge on any atom is -0.231 e. The van der Waals surface area contributed by atoms with E-state index in [1.54, 1.807) is 20.9 Å². The molecule has 4 heteroatoms. The maximum atomic E-state index is 4.61. The van der Waals surface area contributed by atoms with Gasteiger partial charge in [0, 0.05) is 10.5 Å². The molecule has 0 fully saturated rings. The number of hydrogen-bond acceptors (Lipinski definition) is 3. The van der Waals surface area contributed by atoms with E-state index in [9.17, 15) is 0 Å². The quantitative estimate of drug-likeness (QED) is 0.622. The maximum Gasteiger partial charge on any atom is 0.216 e. The molecule has 0 saturated carbocycles. The first-order valence-corrected chi connectivity index (χ1v) is 7.38. The summed E-state index contributed by atoms with van der Waals surface area (Å²) in [6, 6.07) is 20.3. The van der Waals surface area contributed by atoms with Gasteiger partial charge in [-0.3, -0.25) is 0 Å². The summed E-state index contributed by atoms with van der Waals surface area (Å²) < 4.78 is 2.14. The molecule has 2 nitrogen and oxygen atoms in total. The van der Waals surface area contributed by atoms with E-state index in [2.05, 4.69) is 21.1 Å². The third-order valence-corrected chi connectivity index (χ3v) is 4.60. The van der Waals surface area contributed by atoms with Crippen molar-refractivity contribution in [3.63, 3.8) is 0 Å². The lowest BCUT2D eigenvalue weighted by Gasteiger charge is -2.07. The number of para-hydroxylation sites is 2. The van der Waals surface area contributed by atoms with E-state index < -0.39 is 0 Å². The maximum absolute atomic E-state index is 4.61. The molecule has 0 unspecified atom stereocenters. The van der Waals surface area contributed by atoms with Gasteiger partial charge in [-0.2, -0.15) is 0 Å². The lowest BCUT2D eigenvalue weighted by atomic mass is 10.3. The molecule has 0 amide bonds. The Morgan fingerprint density at radius 2 is 1.47 bits per heavy atom. The van der Waals surface area contributed by atoms with E-state index >= 15 is 0 Å². The lowest BCUT2D eigenvalue weighted by Crippen LogP contribution is -2.16. The first kappa shape index (κ1) is 10.5. The van der Waals surface area contributed by atoms with Crippen LogP contribution in [0.3, 0.4) is 0 Å². The number of aromatic nitrogens is 1. The van der Waals surface area contributed by atoms with E-state index in [1.807, 2.05) is 48.5 Å². The monoisotopic (exact) mass is 258 g/mol. The molecule has 0 aliphatic carbocycles. The molecule has 1 heterocycles. The van der Waals surface area contributed by atoms with E-state index in [0.717, 1.165) is 10.5 Å². The van der Waals surface area contributed by atoms with Crippen LogP contribution in [0.1, 0.15) is 0 Å². The van der Waals surface area contributed by atoms with Crippen molar-refractivity contribution in [1.29, 1.82) is 0 Å². The highest BCUT2D eigenvalue weighted by atomic mass is 32.9. The van der Waals surface area contributed by atoms with Gasteiger partial charge in [0.25, 0.3) is 0 Å². The van der Waals surface area contributed by atoms with Crippen molar-refractivity contribution in [2.75, 3.05) is 0 Å². The fourth-order valence-electron chi connectivity index (χ4n) is 1.50. The number of hydrogen-bond donors (Lipinski definition) is 0. The van der Waals surface area contributed by atoms with Gasteiger partial charge in [0.15, 0.2) is 0 Å². The molecule has 3 rings (SSSR count). The van der Waals surface area contributed by atoms with Gasteiger partial charge in [-0.15, -0.1) is 0 Å². The Hall–Kier alpha value is -1.65. The second-order valence-corrected chi connectivity index (χ2v) is 5.51. The summed E-state index contributed by atoms with van der Waals surface area (Å²) in [6.07, 6.45) is 0. The molecule has 2 aromatic carbocycles. The van der Waals surface area contributed by atoms with Gasteiger partial charge in [0.1, 0.15) is 0 Å². The smallest absolute Gasteiger partial charge is 0.216 e. The number of benzene rings is 2. The third-order valence-electron chi connectivity index (χ3n) is 2.33. The summed E-state index contributed by atoms with van der Waals surface area (Å²) >= 11 is 0. The average Bonchev–Trinajstić information content (AvgIpc) is 2.37. The molecule has 0 atom stereocenters. The van der Waals surface area contributed by atoms with E-state index in [-0.39, 0.29) is 0 Å². The fourth-order valence-corrected chi connectivity index (χ4v) is 3.23. The summed E-state index contributed by atoms with van der Waals surface area (Å²) in [4.78, 5) is 5.64. The largest absolute Gasteiger partial charge is 0.231 e. The summed E-state index contributed by atoms with van der Waals surface area (Å²) in [5.74, 6) is 0. The van der Waals surface area contributed by atoms with Crippen LogP contribution < -0.4 is 4.80 Å². The topological polar surface area (TPSA) is 17.3 Å². The standard InChI is InChI=1S/C13H10N2S2/c1-3-7-11(8-4-1)14-13-15(17-16-13)12-9-5-2-6-10-12/h1-10H. The highest BCUT2D eigenvalue weighted by molar-refractivity contribution is 7.68. The molecule has 84 valence electrons. The molecule has 0 aliphatic rings. The van der Waals surface area contributed by atoms with Crippen molar-refractivity contribution < 1.29 is 0 Å². The molecular formula is C13H10N2S2. The van der Waals surface area contributed by atoms with Crippen molar-refractivity contribution >= 4 is 26.6 Å². The molecule has 0 radical (unpaired) electrons. The Morgan fingerprint density at radius 1 is 0.824 bits per heavy atom. The van der Waals surface area contributed by atoms with Gasteiger partial charge in [-0.25, -0.2) is 8.95 Å². The third kappa shape index (κ3) is 2.23. The molecular weight excluding hydrogens is 248 g/mol. The summed E-state index contributed by atoms with van der Waals surface area (Å²) in [6.45, 7) is 0. The molecule has 0 bridgehead atoms. The van der Waals surface area contributed by atoms with Crippen LogP contribution in [0.5, 0.6) is 0 Å². The van der Waals surface area contributed by atoms with Crippen LogP contribution in [-0.2, 0) is 0 Å². The Kier molecular flexibility index (Phi) is 2.90. The van der Waals surface area contributed by atoms with Gasteiger partial charge in [-0.05, 0) is 34.6 Å². The molecule has 3 aromatic rings. The minimum atomic E-state index is 0.997. The first-order chi connectivity index (χ1) is 8.43. The van der Waals surface area contributed by atoms with E-state index in [4.69, 9.17) is 0 Å². The van der Waals surface area contributed by atoms with E-state index in [0.29, 0.717) is 0 Å². The zero-order valence-electron chi connectivity index (χ0n) is 8.98. The van der Waals surface area contributed by atoms with Crippen LogP contribution >= 0.6 is 20.9 Å². The molecule has 0 spiro atoms. The normalized spacial score (nSPS) is 11.9. The van der Waals surface area contributed by atoms with Crippen molar-refractivity contribution in [3.05, 3.63) is 65.5 Å². The summed E-state index contributed by atoms with van der Waals surface area (Å²) in [5, 5.41) is 0. The van der Waals surface area contributed by atoms with E-state index in [1.165, 1.54) is 5.69 Å². The second kappa shape index (κ2) is 4.69. The fraction of sp³-hybridized carbons (Fsp3) is 0. The molecule has 0 N–H and O–H groups in total. The number of rotatable bonds is 2. The zero-order valence-corrected chi connectivity index (χ0v) is 10.6. The lowest BCUT2D eigenvalue weighted by molar-refractivity contribution is 1.09. The molecule has 0 saturated heterocycles. The van der Waals surface area contributed by atoms with Crippen molar-refractivity contribution in [2.45, 2.75) is 0 Å². The number of nitrogens with zero attached hydrogens (tertiary/aromatic N) is 2. The Bertz CT molecular complexity index is 647. The zero-order chi connectivity index (χ0) is 11.5. The molecule has 1 aromatic heterocycles. The summed E-state index contributed by atoms with van der Waals surface area (Å²) in [5.41, 5.74) is 2.17. The van der Waals surface area contributed by atoms with Gasteiger partial charge >= 0.3 is 0 Å². The minimum absolute atomic E-state index is 0.997. The van der Waals surface area contributed by atoms with Gasteiger partial charge in [0.05, 0.1) is 11.4 Å². The predicted molar refractivity (Wildman–Crippen MR) is 73.2 cm³/mol. The highest BCUT2D eigenvalue weighted by Crippen LogP contribution is 2.15. The first-order valence-electron chi connectivity index (χ1n) is 5.27. The average molecular weight is 258 g/mol. The SMILES string of the molecule is c1ccc(N=c2ssn2-c2ccccc2)cc1. The van der Waals surface area contributed by atoms with Gasteiger partial charge < -0.3 is 0 Å². The van der Waals surface area contributed by atoms with Crippen molar-refractivity contribution in [3.8, 4) is 5.69 Å². The Balaban J connectivity index is 2.01.